The van der Waals surface area contributed by atoms with Gasteiger partial charge in [-0.3, -0.25) is 0 Å². The smallest absolute Gasteiger partial charge is 0.231 e. The first-order valence-corrected chi connectivity index (χ1v) is 10.2. The van der Waals surface area contributed by atoms with E-state index in [1.165, 1.54) is 7.11 Å². The molecule has 0 aliphatic carbocycles. The number of rotatable bonds is 5. The molecule has 2 aromatic rings. The lowest BCUT2D eigenvalue weighted by Crippen LogP contribution is -2.23. The summed E-state index contributed by atoms with van der Waals surface area (Å²) in [6, 6.07) is 8.42. The van der Waals surface area contributed by atoms with E-state index < -0.39 is 15.1 Å². The van der Waals surface area contributed by atoms with Crippen LogP contribution >= 0.6 is 22.6 Å². The van der Waals surface area contributed by atoms with Crippen LogP contribution in [0.2, 0.25) is 0 Å². The lowest BCUT2D eigenvalue weighted by Gasteiger charge is -2.20. The molecule has 6 nitrogen and oxygen atoms in total. The van der Waals surface area contributed by atoms with Crippen molar-refractivity contribution in [1.82, 2.24) is 0 Å². The monoisotopic (exact) mass is 475 g/mol. The maximum atomic E-state index is 13.1. The average molecular weight is 475 g/mol. The van der Waals surface area contributed by atoms with Gasteiger partial charge >= 0.3 is 0 Å². The second-order valence-corrected chi connectivity index (χ2v) is 8.84. The number of sulfone groups is 1. The zero-order chi connectivity index (χ0) is 18.2. The second-order valence-electron chi connectivity index (χ2n) is 5.63. The van der Waals surface area contributed by atoms with Gasteiger partial charge in [-0.1, -0.05) is 17.7 Å². The van der Waals surface area contributed by atoms with E-state index in [1.807, 2.05) is 6.92 Å². The maximum Gasteiger partial charge on any atom is 0.231 e. The highest BCUT2D eigenvalue weighted by atomic mass is 127. The SMILES string of the molecule is COc1c(I)c(C(CN)S(=O)(=O)c2ccc(C)cc2)cc2c1OCO2. The predicted octanol–water partition coefficient (Wildman–Crippen LogP) is 2.81. The number of benzene rings is 2. The first-order valence-electron chi connectivity index (χ1n) is 7.56. The van der Waals surface area contributed by atoms with Gasteiger partial charge in [-0.15, -0.1) is 0 Å². The zero-order valence-corrected chi connectivity index (χ0v) is 16.8. The normalized spacial score (nSPS) is 14.4. The molecule has 25 heavy (non-hydrogen) atoms. The van der Waals surface area contributed by atoms with E-state index in [1.54, 1.807) is 30.3 Å². The average Bonchev–Trinajstić information content (AvgIpc) is 3.04. The minimum atomic E-state index is -3.67. The Morgan fingerprint density at radius 3 is 2.56 bits per heavy atom. The van der Waals surface area contributed by atoms with E-state index >= 15 is 0 Å². The van der Waals surface area contributed by atoms with E-state index in [-0.39, 0.29) is 18.2 Å². The van der Waals surface area contributed by atoms with Crippen LogP contribution < -0.4 is 19.9 Å². The fraction of sp³-hybridized carbons (Fsp3) is 0.294. The molecule has 0 fully saturated rings. The van der Waals surface area contributed by atoms with E-state index in [4.69, 9.17) is 19.9 Å². The van der Waals surface area contributed by atoms with Crippen LogP contribution in [0.1, 0.15) is 16.4 Å². The maximum absolute atomic E-state index is 13.1. The summed E-state index contributed by atoms with van der Waals surface area (Å²) in [6.45, 7) is 1.92. The number of ether oxygens (including phenoxy) is 3. The van der Waals surface area contributed by atoms with Crippen LogP contribution in [0, 0.1) is 10.5 Å². The highest BCUT2D eigenvalue weighted by Crippen LogP contribution is 2.48. The van der Waals surface area contributed by atoms with Crippen LogP contribution in [0.3, 0.4) is 0 Å². The summed E-state index contributed by atoms with van der Waals surface area (Å²) in [5, 5.41) is -0.912. The van der Waals surface area contributed by atoms with Crippen molar-refractivity contribution in [2.24, 2.45) is 5.73 Å². The quantitative estimate of drug-likeness (QED) is 0.670. The van der Waals surface area contributed by atoms with Gasteiger partial charge in [0.05, 0.1) is 15.6 Å². The van der Waals surface area contributed by atoms with Gasteiger partial charge in [-0.2, -0.15) is 0 Å². The minimum absolute atomic E-state index is 0.0605. The topological polar surface area (TPSA) is 87.9 Å². The fourth-order valence-electron chi connectivity index (χ4n) is 2.74. The molecule has 1 heterocycles. The van der Waals surface area contributed by atoms with E-state index in [0.29, 0.717) is 26.4 Å². The second kappa shape index (κ2) is 7.00. The standard InChI is InChI=1S/C17H18INO5S/c1-10-3-5-11(6-4-10)25(20,21)14(8-19)12-7-13-16(24-9-23-13)17(22-2)15(12)18/h3-7,14H,8-9,19H2,1-2H3. The van der Waals surface area contributed by atoms with Gasteiger partial charge in [0.2, 0.25) is 12.5 Å². The number of halogens is 1. The van der Waals surface area contributed by atoms with Crippen molar-refractivity contribution in [3.8, 4) is 17.2 Å². The van der Waals surface area contributed by atoms with Gasteiger partial charge < -0.3 is 19.9 Å². The summed E-state index contributed by atoms with van der Waals surface area (Å²) in [5.41, 5.74) is 7.40. The van der Waals surface area contributed by atoms with Crippen molar-refractivity contribution in [1.29, 1.82) is 0 Å². The summed E-state index contributed by atoms with van der Waals surface area (Å²) in [5.74, 6) is 1.41. The Morgan fingerprint density at radius 2 is 1.96 bits per heavy atom. The molecule has 134 valence electrons. The molecule has 0 aromatic heterocycles. The Kier molecular flexibility index (Phi) is 5.12. The number of aryl methyl sites for hydroxylation is 1. The zero-order valence-electron chi connectivity index (χ0n) is 13.8. The third kappa shape index (κ3) is 3.18. The number of hydrogen-bond donors (Lipinski definition) is 1. The predicted molar refractivity (Wildman–Crippen MR) is 102 cm³/mol. The minimum Gasteiger partial charge on any atom is -0.492 e. The van der Waals surface area contributed by atoms with E-state index in [0.717, 1.165) is 5.56 Å². The summed E-state index contributed by atoms with van der Waals surface area (Å²) < 4.78 is 43.2. The van der Waals surface area contributed by atoms with Crippen LogP contribution in [0.25, 0.3) is 0 Å². The van der Waals surface area contributed by atoms with E-state index in [9.17, 15) is 8.42 Å². The van der Waals surface area contributed by atoms with Crippen molar-refractivity contribution in [3.63, 3.8) is 0 Å². The van der Waals surface area contributed by atoms with Crippen molar-refractivity contribution in [3.05, 3.63) is 45.0 Å². The summed E-state index contributed by atoms with van der Waals surface area (Å²) >= 11 is 2.06. The van der Waals surface area contributed by atoms with Gasteiger partial charge in [-0.05, 0) is 53.3 Å². The molecule has 0 bridgehead atoms. The number of methoxy groups -OCH3 is 1. The molecule has 1 unspecified atom stereocenters. The van der Waals surface area contributed by atoms with Gasteiger partial charge in [0.1, 0.15) is 5.25 Å². The van der Waals surface area contributed by atoms with Crippen molar-refractivity contribution in [2.45, 2.75) is 17.1 Å². The number of fused-ring (bicyclic) bond motifs is 1. The fourth-order valence-corrected chi connectivity index (χ4v) is 5.56. The van der Waals surface area contributed by atoms with Crippen LogP contribution in [0.5, 0.6) is 17.2 Å². The lowest BCUT2D eigenvalue weighted by molar-refractivity contribution is 0.171. The molecule has 1 aliphatic heterocycles. The molecule has 1 atom stereocenters. The largest absolute Gasteiger partial charge is 0.492 e. The first kappa shape index (κ1) is 18.3. The Labute approximate surface area is 160 Å². The van der Waals surface area contributed by atoms with Crippen molar-refractivity contribution < 1.29 is 22.6 Å². The first-order chi connectivity index (χ1) is 11.9. The molecule has 0 saturated heterocycles. The Bertz CT molecular complexity index is 896. The number of hydrogen-bond acceptors (Lipinski definition) is 6. The highest BCUT2D eigenvalue weighted by Gasteiger charge is 2.34. The molecule has 0 radical (unpaired) electrons. The highest BCUT2D eigenvalue weighted by molar-refractivity contribution is 14.1. The molecule has 0 saturated carbocycles. The summed E-state index contributed by atoms with van der Waals surface area (Å²) in [4.78, 5) is 0.237. The van der Waals surface area contributed by atoms with Gasteiger partial charge in [0, 0.05) is 6.54 Å². The van der Waals surface area contributed by atoms with Gasteiger partial charge in [0.25, 0.3) is 0 Å². The van der Waals surface area contributed by atoms with Crippen LogP contribution in [-0.4, -0.2) is 28.9 Å². The molecule has 2 N–H and O–H groups in total. The van der Waals surface area contributed by atoms with Crippen molar-refractivity contribution in [2.75, 3.05) is 20.4 Å². The third-order valence-electron chi connectivity index (χ3n) is 4.08. The summed E-state index contributed by atoms with van der Waals surface area (Å²) in [6.07, 6.45) is 0. The molecule has 1 aliphatic rings. The summed E-state index contributed by atoms with van der Waals surface area (Å²) in [7, 11) is -2.16. The Morgan fingerprint density at radius 1 is 1.28 bits per heavy atom. The van der Waals surface area contributed by atoms with E-state index in [2.05, 4.69) is 22.6 Å². The van der Waals surface area contributed by atoms with Crippen LogP contribution in [0.15, 0.2) is 35.2 Å². The van der Waals surface area contributed by atoms with Gasteiger partial charge in [-0.25, -0.2) is 8.42 Å². The molecule has 0 amide bonds. The van der Waals surface area contributed by atoms with Crippen LogP contribution in [-0.2, 0) is 9.84 Å². The Hall–Kier alpha value is -1.52. The molecular weight excluding hydrogens is 457 g/mol. The number of nitrogens with two attached hydrogens (primary N) is 1. The lowest BCUT2D eigenvalue weighted by atomic mass is 10.1. The molecule has 0 spiro atoms. The Balaban J connectivity index is 2.14. The van der Waals surface area contributed by atoms with Gasteiger partial charge in [0.15, 0.2) is 21.3 Å². The molecular formula is C17H18INO5S. The molecule has 2 aromatic carbocycles. The third-order valence-corrected chi connectivity index (χ3v) is 7.31. The van der Waals surface area contributed by atoms with Crippen molar-refractivity contribution >= 4 is 32.4 Å². The van der Waals surface area contributed by atoms with Crippen LogP contribution in [0.4, 0.5) is 0 Å². The molecule has 3 rings (SSSR count). The molecule has 8 heteroatoms.